The molecule has 1 amide bonds. The van der Waals surface area contributed by atoms with Gasteiger partial charge in [-0.2, -0.15) is 0 Å². The molecule has 164 valence electrons. The Morgan fingerprint density at radius 1 is 1.13 bits per heavy atom. The lowest BCUT2D eigenvalue weighted by Gasteiger charge is -2.35. The molecule has 2 aromatic carbocycles. The minimum Gasteiger partial charge on any atom is -0.379 e. The van der Waals surface area contributed by atoms with E-state index in [1.54, 1.807) is 24.1 Å². The molecular weight excluding hydrogens is 383 g/mol. The first-order valence-corrected chi connectivity index (χ1v) is 10.4. The van der Waals surface area contributed by atoms with E-state index in [2.05, 4.69) is 18.7 Å². The monoisotopic (exact) mass is 416 g/mol. The average molecular weight is 417 g/mol. The average Bonchev–Trinajstić information content (AvgIpc) is 2.81. The number of carbonyl (C=O) groups excluding carboxylic acids is 1. The van der Waals surface area contributed by atoms with Crippen molar-refractivity contribution in [1.29, 1.82) is 0 Å². The number of ether oxygens (including phenoxy) is 2. The van der Waals surface area contributed by atoms with E-state index in [1.165, 1.54) is 24.7 Å². The maximum absolute atomic E-state index is 13.0. The van der Waals surface area contributed by atoms with Crippen LogP contribution in [0.5, 0.6) is 0 Å². The van der Waals surface area contributed by atoms with Crippen LogP contribution in [0, 0.1) is 5.82 Å². The molecule has 1 saturated heterocycles. The summed E-state index contributed by atoms with van der Waals surface area (Å²) in [5.74, 6) is -0.259. The van der Waals surface area contributed by atoms with Gasteiger partial charge in [0.1, 0.15) is 5.82 Å². The topological polar surface area (TPSA) is 64.8 Å². The van der Waals surface area contributed by atoms with E-state index in [0.29, 0.717) is 18.8 Å². The molecule has 0 saturated carbocycles. The first-order valence-electron chi connectivity index (χ1n) is 10.4. The third kappa shape index (κ3) is 6.36. The van der Waals surface area contributed by atoms with Gasteiger partial charge in [0.25, 0.3) is 0 Å². The van der Waals surface area contributed by atoms with Crippen molar-refractivity contribution >= 4 is 6.41 Å². The summed E-state index contributed by atoms with van der Waals surface area (Å²) in [5.41, 5.74) is 7.84. The molecule has 2 unspecified atom stereocenters. The summed E-state index contributed by atoms with van der Waals surface area (Å²) in [6.07, 6.45) is 4.82. The van der Waals surface area contributed by atoms with Gasteiger partial charge in [0.2, 0.25) is 6.41 Å². The van der Waals surface area contributed by atoms with Gasteiger partial charge in [-0.3, -0.25) is 4.79 Å². The number of amides is 1. The molecule has 5 nitrogen and oxygen atoms in total. The summed E-state index contributed by atoms with van der Waals surface area (Å²) < 4.78 is 23.5. The molecular formula is C24H33FN2O3. The van der Waals surface area contributed by atoms with Crippen molar-refractivity contribution in [3.8, 4) is 0 Å². The Bertz CT molecular complexity index is 761. The molecule has 2 aliphatic rings. The molecule has 0 radical (unpaired) electrons. The molecule has 0 aliphatic carbocycles. The first kappa shape index (κ1) is 24.0. The van der Waals surface area contributed by atoms with E-state index >= 15 is 0 Å². The van der Waals surface area contributed by atoms with Crippen LogP contribution in [0.25, 0.3) is 0 Å². The lowest BCUT2D eigenvalue weighted by atomic mass is 9.88. The molecule has 4 rings (SSSR count). The van der Waals surface area contributed by atoms with Crippen LogP contribution in [-0.4, -0.2) is 50.8 Å². The number of nitrogens with zero attached hydrogens (tertiary/aromatic N) is 1. The van der Waals surface area contributed by atoms with Gasteiger partial charge in [-0.1, -0.05) is 36.4 Å². The minimum absolute atomic E-state index is 0.108. The number of methoxy groups -OCH3 is 1. The highest BCUT2D eigenvalue weighted by atomic mass is 19.1. The van der Waals surface area contributed by atoms with Gasteiger partial charge < -0.3 is 20.1 Å². The second-order valence-corrected chi connectivity index (χ2v) is 7.33. The fraction of sp³-hybridized carbons (Fsp3) is 0.458. The van der Waals surface area contributed by atoms with Gasteiger partial charge in [-0.15, -0.1) is 0 Å². The maximum Gasteiger partial charge on any atom is 0.210 e. The smallest absolute Gasteiger partial charge is 0.210 e. The zero-order chi connectivity index (χ0) is 21.9. The maximum atomic E-state index is 13.0. The molecule has 0 spiro atoms. The van der Waals surface area contributed by atoms with Crippen molar-refractivity contribution in [2.45, 2.75) is 44.4 Å². The summed E-state index contributed by atoms with van der Waals surface area (Å²) in [6, 6.07) is 14.4. The molecule has 0 bridgehead atoms. The molecule has 6 heteroatoms. The Morgan fingerprint density at radius 3 is 2.43 bits per heavy atom. The fourth-order valence-corrected chi connectivity index (χ4v) is 3.76. The van der Waals surface area contributed by atoms with E-state index < -0.39 is 0 Å². The quantitative estimate of drug-likeness (QED) is 0.775. The van der Waals surface area contributed by atoms with Crippen molar-refractivity contribution in [1.82, 2.24) is 4.90 Å². The number of benzene rings is 2. The van der Waals surface area contributed by atoms with Crippen LogP contribution in [-0.2, 0) is 20.7 Å². The highest BCUT2D eigenvalue weighted by molar-refractivity contribution is 5.54. The Kier molecular flexibility index (Phi) is 9.94. The third-order valence-corrected chi connectivity index (χ3v) is 5.44. The number of carbonyl (C=O) groups is 1. The van der Waals surface area contributed by atoms with E-state index in [4.69, 9.17) is 9.47 Å². The SMILES string of the molecule is CN.COC1CCC(C)OC1.O=CN1CCc2ccccc2[C@@H]1c1ccc(F)cc1. The van der Waals surface area contributed by atoms with Gasteiger partial charge in [0, 0.05) is 13.7 Å². The van der Waals surface area contributed by atoms with Gasteiger partial charge in [0.05, 0.1) is 24.9 Å². The Morgan fingerprint density at radius 2 is 1.83 bits per heavy atom. The number of halogens is 1. The van der Waals surface area contributed by atoms with Crippen LogP contribution in [0.4, 0.5) is 4.39 Å². The van der Waals surface area contributed by atoms with Gasteiger partial charge in [0.15, 0.2) is 0 Å². The number of rotatable bonds is 3. The second kappa shape index (κ2) is 12.4. The molecule has 2 aliphatic heterocycles. The lowest BCUT2D eigenvalue weighted by molar-refractivity contribution is -0.119. The summed E-state index contributed by atoms with van der Waals surface area (Å²) in [5, 5.41) is 0. The van der Waals surface area contributed by atoms with E-state index in [1.807, 2.05) is 18.2 Å². The van der Waals surface area contributed by atoms with Crippen LogP contribution in [0.2, 0.25) is 0 Å². The molecule has 2 N–H and O–H groups in total. The molecule has 1 fully saturated rings. The highest BCUT2D eigenvalue weighted by Crippen LogP contribution is 2.34. The van der Waals surface area contributed by atoms with E-state index in [-0.39, 0.29) is 11.9 Å². The van der Waals surface area contributed by atoms with Crippen LogP contribution in [0.1, 0.15) is 42.5 Å². The van der Waals surface area contributed by atoms with Crippen LogP contribution < -0.4 is 5.73 Å². The van der Waals surface area contributed by atoms with Crippen molar-refractivity contribution in [2.75, 3.05) is 27.3 Å². The Labute approximate surface area is 179 Å². The second-order valence-electron chi connectivity index (χ2n) is 7.33. The number of hydrogen-bond acceptors (Lipinski definition) is 4. The highest BCUT2D eigenvalue weighted by Gasteiger charge is 2.27. The first-order chi connectivity index (χ1) is 14.6. The van der Waals surface area contributed by atoms with Crippen molar-refractivity contribution in [3.63, 3.8) is 0 Å². The summed E-state index contributed by atoms with van der Waals surface area (Å²) in [6.45, 7) is 3.58. The molecule has 0 aromatic heterocycles. The largest absolute Gasteiger partial charge is 0.379 e. The van der Waals surface area contributed by atoms with Crippen molar-refractivity contribution in [3.05, 3.63) is 71.0 Å². The predicted octanol–water partition coefficient (Wildman–Crippen LogP) is 3.70. The van der Waals surface area contributed by atoms with E-state index in [9.17, 15) is 9.18 Å². The Hall–Kier alpha value is -2.28. The zero-order valence-corrected chi connectivity index (χ0v) is 18.1. The van der Waals surface area contributed by atoms with Crippen LogP contribution in [0.15, 0.2) is 48.5 Å². The number of fused-ring (bicyclic) bond motifs is 1. The third-order valence-electron chi connectivity index (χ3n) is 5.44. The fourth-order valence-electron chi connectivity index (χ4n) is 3.76. The Balaban J connectivity index is 0.000000245. The standard InChI is InChI=1S/C16H14FNO.C7H14O2.CH5N/c17-14-7-5-13(6-8-14)16-15-4-2-1-3-12(15)9-10-18(16)11-19;1-6-3-4-7(8-2)5-9-6;1-2/h1-8,11,16H,9-10H2;6-7H,3-5H2,1-2H3;2H2,1H3/t16-;;/m0../s1. The van der Waals surface area contributed by atoms with Gasteiger partial charge >= 0.3 is 0 Å². The zero-order valence-electron chi connectivity index (χ0n) is 18.1. The predicted molar refractivity (Wildman–Crippen MR) is 117 cm³/mol. The van der Waals surface area contributed by atoms with Crippen molar-refractivity contribution in [2.24, 2.45) is 5.73 Å². The van der Waals surface area contributed by atoms with Gasteiger partial charge in [-0.05, 0) is 62.1 Å². The number of nitrogens with two attached hydrogens (primary N) is 1. The molecule has 30 heavy (non-hydrogen) atoms. The van der Waals surface area contributed by atoms with E-state index in [0.717, 1.165) is 43.4 Å². The molecule has 2 heterocycles. The lowest BCUT2D eigenvalue weighted by Crippen LogP contribution is -2.34. The van der Waals surface area contributed by atoms with Crippen LogP contribution in [0.3, 0.4) is 0 Å². The van der Waals surface area contributed by atoms with Crippen LogP contribution >= 0.6 is 0 Å². The minimum atomic E-state index is -0.259. The normalized spacial score (nSPS) is 22.6. The van der Waals surface area contributed by atoms with Crippen molar-refractivity contribution < 1.29 is 18.7 Å². The molecule has 2 aromatic rings. The summed E-state index contributed by atoms with van der Waals surface area (Å²) in [7, 11) is 3.24. The summed E-state index contributed by atoms with van der Waals surface area (Å²) in [4.78, 5) is 13.0. The number of hydrogen-bond donors (Lipinski definition) is 1. The van der Waals surface area contributed by atoms with Gasteiger partial charge in [-0.25, -0.2) is 4.39 Å². The summed E-state index contributed by atoms with van der Waals surface area (Å²) >= 11 is 0. The molecule has 3 atom stereocenters.